The summed E-state index contributed by atoms with van der Waals surface area (Å²) in [4.78, 5) is 17.1. The smallest absolute Gasteiger partial charge is 0.248 e. The van der Waals surface area contributed by atoms with Gasteiger partial charge < -0.3 is 19.1 Å². The highest BCUT2D eigenvalue weighted by Crippen LogP contribution is 2.42. The van der Waals surface area contributed by atoms with Crippen LogP contribution in [0, 0.1) is 5.92 Å². The molecule has 2 aliphatic heterocycles. The minimum absolute atomic E-state index is 0.0861. The van der Waals surface area contributed by atoms with Crippen LogP contribution in [0.3, 0.4) is 0 Å². The van der Waals surface area contributed by atoms with Crippen molar-refractivity contribution in [1.82, 2.24) is 9.80 Å². The Labute approximate surface area is 184 Å². The molecule has 0 unspecified atom stereocenters. The molecule has 2 aliphatic rings. The predicted octanol–water partition coefficient (Wildman–Crippen LogP) is 3.17. The van der Waals surface area contributed by atoms with Gasteiger partial charge in [-0.1, -0.05) is 24.3 Å². The van der Waals surface area contributed by atoms with E-state index in [4.69, 9.17) is 14.2 Å². The Morgan fingerprint density at radius 3 is 2.19 bits per heavy atom. The summed E-state index contributed by atoms with van der Waals surface area (Å²) in [5.74, 6) is 2.62. The Bertz CT molecular complexity index is 868. The molecular formula is C25H32N2O4. The summed E-state index contributed by atoms with van der Waals surface area (Å²) in [6.07, 6.45) is 0.989. The number of fused-ring (bicyclic) bond motifs is 1. The van der Waals surface area contributed by atoms with E-state index in [0.717, 1.165) is 44.1 Å². The number of ether oxygens (including phenoxy) is 3. The fourth-order valence-corrected chi connectivity index (χ4v) is 5.13. The van der Waals surface area contributed by atoms with E-state index in [1.165, 1.54) is 11.1 Å². The first-order valence-electron chi connectivity index (χ1n) is 10.9. The summed E-state index contributed by atoms with van der Waals surface area (Å²) in [6, 6.07) is 17.2. The fraction of sp³-hybridized carbons (Fsp3) is 0.480. The summed E-state index contributed by atoms with van der Waals surface area (Å²) < 4.78 is 15.7. The molecule has 0 aromatic heterocycles. The fourth-order valence-electron chi connectivity index (χ4n) is 5.13. The third-order valence-corrected chi connectivity index (χ3v) is 6.75. The van der Waals surface area contributed by atoms with Crippen molar-refractivity contribution in [2.75, 3.05) is 47.6 Å². The number of hydrogen-bond donors (Lipinski definition) is 0. The van der Waals surface area contributed by atoms with Crippen LogP contribution in [0.2, 0.25) is 0 Å². The number of benzene rings is 2. The standard InChI is InChI=1S/C25H32N2O4/c1-29-17-25(28)26-13-12-24-23(16-26)22(19-6-10-21(31-3)11-7-19)15-27(24)14-18-4-8-20(30-2)9-5-18/h4-11,22-24H,12-17H2,1-3H3/t22-,23-,24-/m1/s1. The van der Waals surface area contributed by atoms with Crippen LogP contribution < -0.4 is 9.47 Å². The number of likely N-dealkylation sites (tertiary alicyclic amines) is 2. The van der Waals surface area contributed by atoms with E-state index in [9.17, 15) is 4.79 Å². The molecule has 6 heteroatoms. The maximum Gasteiger partial charge on any atom is 0.248 e. The topological polar surface area (TPSA) is 51.2 Å². The molecule has 6 nitrogen and oxygen atoms in total. The van der Waals surface area contributed by atoms with Crippen molar-refractivity contribution in [2.45, 2.75) is 24.9 Å². The van der Waals surface area contributed by atoms with Gasteiger partial charge in [-0.15, -0.1) is 0 Å². The molecule has 2 saturated heterocycles. The normalized spacial score (nSPS) is 23.5. The largest absolute Gasteiger partial charge is 0.497 e. The zero-order valence-corrected chi connectivity index (χ0v) is 18.6. The van der Waals surface area contributed by atoms with Crippen molar-refractivity contribution in [2.24, 2.45) is 5.92 Å². The van der Waals surface area contributed by atoms with E-state index in [1.54, 1.807) is 21.3 Å². The second kappa shape index (κ2) is 9.71. The quantitative estimate of drug-likeness (QED) is 0.683. The molecule has 166 valence electrons. The van der Waals surface area contributed by atoms with Gasteiger partial charge >= 0.3 is 0 Å². The van der Waals surface area contributed by atoms with E-state index >= 15 is 0 Å². The molecule has 31 heavy (non-hydrogen) atoms. The summed E-state index contributed by atoms with van der Waals surface area (Å²) in [6.45, 7) is 3.62. The van der Waals surface area contributed by atoms with Crippen LogP contribution >= 0.6 is 0 Å². The lowest BCUT2D eigenvalue weighted by atomic mass is 9.81. The first kappa shape index (κ1) is 21.7. The molecule has 0 spiro atoms. The lowest BCUT2D eigenvalue weighted by Gasteiger charge is -2.39. The number of hydrogen-bond acceptors (Lipinski definition) is 5. The highest BCUT2D eigenvalue weighted by molar-refractivity contribution is 5.77. The van der Waals surface area contributed by atoms with E-state index < -0.39 is 0 Å². The van der Waals surface area contributed by atoms with Crippen LogP contribution in [0.15, 0.2) is 48.5 Å². The molecule has 0 saturated carbocycles. The average Bonchev–Trinajstić information content (AvgIpc) is 3.17. The minimum atomic E-state index is 0.0861. The molecule has 0 radical (unpaired) electrons. The highest BCUT2D eigenvalue weighted by atomic mass is 16.5. The number of methoxy groups -OCH3 is 3. The van der Waals surface area contributed by atoms with Crippen molar-refractivity contribution in [1.29, 1.82) is 0 Å². The molecule has 4 rings (SSSR count). The van der Waals surface area contributed by atoms with Gasteiger partial charge in [-0.05, 0) is 41.8 Å². The third-order valence-electron chi connectivity index (χ3n) is 6.75. The monoisotopic (exact) mass is 424 g/mol. The Morgan fingerprint density at radius 1 is 0.935 bits per heavy atom. The molecule has 2 fully saturated rings. The summed E-state index contributed by atoms with van der Waals surface area (Å²) >= 11 is 0. The number of carbonyl (C=O) groups excluding carboxylic acids is 1. The molecule has 2 aromatic carbocycles. The lowest BCUT2D eigenvalue weighted by Crippen LogP contribution is -2.49. The van der Waals surface area contributed by atoms with Gasteiger partial charge in [0.25, 0.3) is 0 Å². The van der Waals surface area contributed by atoms with Crippen molar-refractivity contribution >= 4 is 5.91 Å². The van der Waals surface area contributed by atoms with Crippen LogP contribution in [0.4, 0.5) is 0 Å². The van der Waals surface area contributed by atoms with Gasteiger partial charge in [-0.25, -0.2) is 0 Å². The summed E-state index contributed by atoms with van der Waals surface area (Å²) in [7, 11) is 4.97. The molecule has 0 aliphatic carbocycles. The van der Waals surface area contributed by atoms with Crippen LogP contribution in [-0.4, -0.2) is 69.3 Å². The average molecular weight is 425 g/mol. The first-order chi connectivity index (χ1) is 15.1. The van der Waals surface area contributed by atoms with E-state index in [1.807, 2.05) is 29.2 Å². The SMILES string of the molecule is COCC(=O)N1CC[C@@H]2[C@H](C1)[C@@H](c1ccc(OC)cc1)CN2Cc1ccc(OC)cc1. The van der Waals surface area contributed by atoms with Crippen molar-refractivity contribution in [3.05, 3.63) is 59.7 Å². The lowest BCUT2D eigenvalue weighted by molar-refractivity contribution is -0.137. The zero-order valence-electron chi connectivity index (χ0n) is 18.6. The summed E-state index contributed by atoms with van der Waals surface area (Å²) in [5.41, 5.74) is 2.60. The van der Waals surface area contributed by atoms with Gasteiger partial charge in [0, 0.05) is 51.2 Å². The number of nitrogens with zero attached hydrogens (tertiary/aromatic N) is 2. The number of rotatable bonds is 7. The Balaban J connectivity index is 1.56. The van der Waals surface area contributed by atoms with Crippen LogP contribution in [-0.2, 0) is 16.1 Å². The van der Waals surface area contributed by atoms with Gasteiger partial charge in [0.15, 0.2) is 0 Å². The molecule has 2 aromatic rings. The second-order valence-corrected chi connectivity index (χ2v) is 8.45. The molecule has 2 heterocycles. The van der Waals surface area contributed by atoms with Crippen LogP contribution in [0.5, 0.6) is 11.5 Å². The molecule has 1 amide bonds. The second-order valence-electron chi connectivity index (χ2n) is 8.45. The van der Waals surface area contributed by atoms with Crippen LogP contribution in [0.25, 0.3) is 0 Å². The van der Waals surface area contributed by atoms with E-state index in [0.29, 0.717) is 17.9 Å². The first-order valence-corrected chi connectivity index (χ1v) is 10.9. The van der Waals surface area contributed by atoms with Crippen LogP contribution in [0.1, 0.15) is 23.5 Å². The van der Waals surface area contributed by atoms with Gasteiger partial charge in [0.05, 0.1) is 14.2 Å². The number of carbonyl (C=O) groups is 1. The molecule has 3 atom stereocenters. The predicted molar refractivity (Wildman–Crippen MR) is 119 cm³/mol. The number of amides is 1. The molecule has 0 N–H and O–H groups in total. The maximum atomic E-state index is 12.5. The van der Waals surface area contributed by atoms with Crippen molar-refractivity contribution < 1.29 is 19.0 Å². The van der Waals surface area contributed by atoms with Gasteiger partial charge in [-0.2, -0.15) is 0 Å². The van der Waals surface area contributed by atoms with Crippen molar-refractivity contribution in [3.63, 3.8) is 0 Å². The summed E-state index contributed by atoms with van der Waals surface area (Å²) in [5, 5.41) is 0. The third kappa shape index (κ3) is 4.70. The van der Waals surface area contributed by atoms with Gasteiger partial charge in [-0.3, -0.25) is 9.69 Å². The van der Waals surface area contributed by atoms with Gasteiger partial charge in [0.1, 0.15) is 18.1 Å². The minimum Gasteiger partial charge on any atom is -0.497 e. The van der Waals surface area contributed by atoms with Gasteiger partial charge in [0.2, 0.25) is 5.91 Å². The van der Waals surface area contributed by atoms with E-state index in [-0.39, 0.29) is 12.5 Å². The van der Waals surface area contributed by atoms with E-state index in [2.05, 4.69) is 29.2 Å². The maximum absolute atomic E-state index is 12.5. The van der Waals surface area contributed by atoms with Crippen molar-refractivity contribution in [3.8, 4) is 11.5 Å². The highest BCUT2D eigenvalue weighted by Gasteiger charge is 2.45. The number of piperidine rings is 1. The Kier molecular flexibility index (Phi) is 6.78. The molecular weight excluding hydrogens is 392 g/mol. The Hall–Kier alpha value is -2.57. The zero-order chi connectivity index (χ0) is 21.8. The molecule has 0 bridgehead atoms. The Morgan fingerprint density at radius 2 is 1.58 bits per heavy atom.